The number of aliphatic hydroxyl groups excluding tert-OH is 1. The third kappa shape index (κ3) is 4.22. The Morgan fingerprint density at radius 2 is 1.85 bits per heavy atom. The van der Waals surface area contributed by atoms with Gasteiger partial charge in [-0.15, -0.1) is 0 Å². The van der Waals surface area contributed by atoms with Crippen LogP contribution in [0.5, 0.6) is 5.75 Å². The van der Waals surface area contributed by atoms with Crippen molar-refractivity contribution in [2.45, 2.75) is 64.5 Å². The van der Waals surface area contributed by atoms with Crippen LogP contribution in [-0.4, -0.2) is 24.4 Å². The van der Waals surface area contributed by atoms with E-state index >= 15 is 0 Å². The molecule has 1 aromatic carbocycles. The van der Waals surface area contributed by atoms with Gasteiger partial charge >= 0.3 is 0 Å². The first kappa shape index (κ1) is 17.0. The second-order valence-electron chi connectivity index (χ2n) is 6.77. The second kappa shape index (κ2) is 6.59. The van der Waals surface area contributed by atoms with Gasteiger partial charge in [-0.05, 0) is 41.9 Å². The Hall–Kier alpha value is -1.06. The van der Waals surface area contributed by atoms with Crippen LogP contribution < -0.4 is 10.5 Å². The summed E-state index contributed by atoms with van der Waals surface area (Å²) in [7, 11) is 1.70. The average Bonchev–Trinajstić information content (AvgIpc) is 2.36. The van der Waals surface area contributed by atoms with Crippen LogP contribution in [0.25, 0.3) is 0 Å². The molecule has 0 saturated heterocycles. The van der Waals surface area contributed by atoms with E-state index in [0.29, 0.717) is 6.42 Å². The monoisotopic (exact) mass is 279 g/mol. The number of nitrogens with two attached hydrogens (primary N) is 1. The fourth-order valence-corrected chi connectivity index (χ4v) is 2.33. The fourth-order valence-electron chi connectivity index (χ4n) is 2.33. The number of methoxy groups -OCH3 is 1. The molecule has 0 saturated carbocycles. The van der Waals surface area contributed by atoms with Crippen molar-refractivity contribution in [3.8, 4) is 5.75 Å². The molecule has 3 unspecified atom stereocenters. The topological polar surface area (TPSA) is 55.5 Å². The standard InChI is InChI=1S/C17H29NO2/c1-11(9-15(19)12(2)18)13-7-8-16(20-6)14(10-13)17(3,4)5/h7-8,10-12,15,19H,9,18H2,1-6H3. The lowest BCUT2D eigenvalue weighted by Gasteiger charge is -2.25. The molecule has 0 spiro atoms. The summed E-state index contributed by atoms with van der Waals surface area (Å²) in [5.74, 6) is 1.18. The molecule has 0 bridgehead atoms. The van der Waals surface area contributed by atoms with Gasteiger partial charge < -0.3 is 15.6 Å². The van der Waals surface area contributed by atoms with Crippen molar-refractivity contribution in [2.24, 2.45) is 5.73 Å². The largest absolute Gasteiger partial charge is 0.496 e. The number of benzene rings is 1. The lowest BCUT2D eigenvalue weighted by molar-refractivity contribution is 0.134. The molecule has 0 radical (unpaired) electrons. The molecule has 3 N–H and O–H groups in total. The van der Waals surface area contributed by atoms with Gasteiger partial charge in [-0.1, -0.05) is 39.8 Å². The Labute approximate surface area is 123 Å². The van der Waals surface area contributed by atoms with E-state index in [1.54, 1.807) is 7.11 Å². The summed E-state index contributed by atoms with van der Waals surface area (Å²) in [6.07, 6.45) is 0.207. The Balaban J connectivity index is 3.03. The molecule has 0 aliphatic rings. The van der Waals surface area contributed by atoms with E-state index in [4.69, 9.17) is 10.5 Å². The van der Waals surface area contributed by atoms with E-state index < -0.39 is 6.10 Å². The smallest absolute Gasteiger partial charge is 0.122 e. The maximum Gasteiger partial charge on any atom is 0.122 e. The van der Waals surface area contributed by atoms with Gasteiger partial charge in [0.05, 0.1) is 13.2 Å². The molecule has 3 heteroatoms. The van der Waals surface area contributed by atoms with Crippen LogP contribution in [0.15, 0.2) is 18.2 Å². The Kier molecular flexibility index (Phi) is 5.60. The van der Waals surface area contributed by atoms with Crippen LogP contribution >= 0.6 is 0 Å². The zero-order valence-electron chi connectivity index (χ0n) is 13.6. The Bertz CT molecular complexity index is 435. The Morgan fingerprint density at radius 1 is 1.25 bits per heavy atom. The first-order chi connectivity index (χ1) is 9.16. The highest BCUT2D eigenvalue weighted by Gasteiger charge is 2.21. The van der Waals surface area contributed by atoms with E-state index in [9.17, 15) is 5.11 Å². The number of ether oxygens (including phenoxy) is 1. The van der Waals surface area contributed by atoms with Crippen molar-refractivity contribution in [1.29, 1.82) is 0 Å². The summed E-state index contributed by atoms with van der Waals surface area (Å²) < 4.78 is 5.46. The molecule has 0 heterocycles. The van der Waals surface area contributed by atoms with E-state index in [1.807, 2.05) is 13.0 Å². The Morgan fingerprint density at radius 3 is 2.30 bits per heavy atom. The number of hydrogen-bond acceptors (Lipinski definition) is 3. The van der Waals surface area contributed by atoms with Crippen LogP contribution in [0.1, 0.15) is 58.1 Å². The van der Waals surface area contributed by atoms with Crippen molar-refractivity contribution in [3.63, 3.8) is 0 Å². The summed E-state index contributed by atoms with van der Waals surface area (Å²) >= 11 is 0. The van der Waals surface area contributed by atoms with Gasteiger partial charge in [0.2, 0.25) is 0 Å². The quantitative estimate of drug-likeness (QED) is 0.870. The predicted octanol–water partition coefficient (Wildman–Crippen LogP) is 3.19. The van der Waals surface area contributed by atoms with E-state index in [1.165, 1.54) is 11.1 Å². The minimum atomic E-state index is -0.467. The zero-order valence-corrected chi connectivity index (χ0v) is 13.6. The minimum absolute atomic E-state index is 0.0286. The number of rotatable bonds is 5. The highest BCUT2D eigenvalue weighted by atomic mass is 16.5. The molecule has 1 aromatic rings. The van der Waals surface area contributed by atoms with Crippen LogP contribution in [0.3, 0.4) is 0 Å². The molecule has 1 rings (SSSR count). The summed E-state index contributed by atoms with van der Waals surface area (Å²) in [5, 5.41) is 9.94. The molecule has 114 valence electrons. The van der Waals surface area contributed by atoms with Crippen molar-refractivity contribution in [2.75, 3.05) is 7.11 Å². The molecule has 3 nitrogen and oxygen atoms in total. The molecule has 20 heavy (non-hydrogen) atoms. The molecular weight excluding hydrogens is 250 g/mol. The summed E-state index contributed by atoms with van der Waals surface area (Å²) in [5.41, 5.74) is 8.18. The second-order valence-corrected chi connectivity index (χ2v) is 6.77. The maximum atomic E-state index is 9.94. The van der Waals surface area contributed by atoms with Crippen LogP contribution in [0, 0.1) is 0 Å². The molecule has 0 aliphatic heterocycles. The third-order valence-electron chi connectivity index (χ3n) is 3.80. The minimum Gasteiger partial charge on any atom is -0.496 e. The molecule has 3 atom stereocenters. The van der Waals surface area contributed by atoms with Gasteiger partial charge in [-0.25, -0.2) is 0 Å². The van der Waals surface area contributed by atoms with Gasteiger partial charge in [0.15, 0.2) is 0 Å². The summed E-state index contributed by atoms with van der Waals surface area (Å²) in [6.45, 7) is 10.5. The first-order valence-electron chi connectivity index (χ1n) is 7.29. The van der Waals surface area contributed by atoms with Crippen molar-refractivity contribution in [3.05, 3.63) is 29.3 Å². The van der Waals surface area contributed by atoms with Crippen LogP contribution in [0.2, 0.25) is 0 Å². The normalized spacial score (nSPS) is 16.6. The summed E-state index contributed by atoms with van der Waals surface area (Å²) in [4.78, 5) is 0. The maximum absolute atomic E-state index is 9.94. The van der Waals surface area contributed by atoms with Gasteiger partial charge in [-0.3, -0.25) is 0 Å². The van der Waals surface area contributed by atoms with Crippen molar-refractivity contribution < 1.29 is 9.84 Å². The van der Waals surface area contributed by atoms with Crippen LogP contribution in [0.4, 0.5) is 0 Å². The highest BCUT2D eigenvalue weighted by Crippen LogP contribution is 2.34. The van der Waals surface area contributed by atoms with Crippen LogP contribution in [-0.2, 0) is 5.41 Å². The van der Waals surface area contributed by atoms with Gasteiger partial charge in [0.1, 0.15) is 5.75 Å². The third-order valence-corrected chi connectivity index (χ3v) is 3.80. The summed E-state index contributed by atoms with van der Waals surface area (Å²) in [6, 6.07) is 6.09. The fraction of sp³-hybridized carbons (Fsp3) is 0.647. The van der Waals surface area contributed by atoms with E-state index in [0.717, 1.165) is 5.75 Å². The van der Waals surface area contributed by atoms with Gasteiger partial charge in [0, 0.05) is 6.04 Å². The number of aliphatic hydroxyl groups is 1. The average molecular weight is 279 g/mol. The SMILES string of the molecule is COc1ccc(C(C)CC(O)C(C)N)cc1C(C)(C)C. The molecule has 0 fully saturated rings. The predicted molar refractivity (Wildman–Crippen MR) is 84.4 cm³/mol. The highest BCUT2D eigenvalue weighted by molar-refractivity contribution is 5.42. The van der Waals surface area contributed by atoms with Crippen molar-refractivity contribution in [1.82, 2.24) is 0 Å². The molecule has 0 aliphatic carbocycles. The molecule has 0 aromatic heterocycles. The molecule has 0 amide bonds. The number of hydrogen-bond donors (Lipinski definition) is 2. The zero-order chi connectivity index (χ0) is 15.5. The van der Waals surface area contributed by atoms with Gasteiger partial charge in [-0.2, -0.15) is 0 Å². The molecular formula is C17H29NO2. The van der Waals surface area contributed by atoms with E-state index in [-0.39, 0.29) is 17.4 Å². The van der Waals surface area contributed by atoms with Gasteiger partial charge in [0.25, 0.3) is 0 Å². The van der Waals surface area contributed by atoms with Crippen molar-refractivity contribution >= 4 is 0 Å². The lowest BCUT2D eigenvalue weighted by atomic mass is 9.83. The van der Waals surface area contributed by atoms with E-state index in [2.05, 4.69) is 39.8 Å². The lowest BCUT2D eigenvalue weighted by Crippen LogP contribution is -2.32. The first-order valence-corrected chi connectivity index (χ1v) is 7.29.